The van der Waals surface area contributed by atoms with Crippen LogP contribution < -0.4 is 9.75 Å². The van der Waals surface area contributed by atoms with Gasteiger partial charge in [-0.2, -0.15) is 28.8 Å². The molecule has 3 aromatic carbocycles. The van der Waals surface area contributed by atoms with Gasteiger partial charge in [0.1, 0.15) is 5.75 Å². The largest absolute Gasteiger partial charge is 0.496 e. The van der Waals surface area contributed by atoms with Crippen molar-refractivity contribution in [1.82, 2.24) is 0 Å². The van der Waals surface area contributed by atoms with Crippen molar-refractivity contribution in [3.8, 4) is 5.75 Å². The van der Waals surface area contributed by atoms with E-state index in [-0.39, 0.29) is 13.1 Å². The average Bonchev–Trinajstić information content (AvgIpc) is 3.22. The zero-order valence-electron chi connectivity index (χ0n) is 19.5. The lowest BCUT2D eigenvalue weighted by molar-refractivity contribution is -0.432. The first-order valence-electron chi connectivity index (χ1n) is 10.5. The Bertz CT molecular complexity index is 1590. The third kappa shape index (κ3) is 6.06. The van der Waals surface area contributed by atoms with E-state index in [1.807, 2.05) is 0 Å². The predicted molar refractivity (Wildman–Crippen MR) is 140 cm³/mol. The summed E-state index contributed by atoms with van der Waals surface area (Å²) in [4.78, 5) is 24.9. The van der Waals surface area contributed by atoms with Crippen LogP contribution in [0.3, 0.4) is 0 Å². The number of nitrogens with zero attached hydrogens (tertiary/aromatic N) is 4. The maximum Gasteiger partial charge on any atom is 0.355 e. The highest BCUT2D eigenvalue weighted by atomic mass is 32.2. The van der Waals surface area contributed by atoms with Gasteiger partial charge in [-0.15, -0.1) is 4.33 Å². The fourth-order valence-electron chi connectivity index (χ4n) is 3.67. The van der Waals surface area contributed by atoms with Crippen LogP contribution in [0.1, 0.15) is 13.0 Å². The Balaban J connectivity index is 0.00000420. The minimum Gasteiger partial charge on any atom is -0.496 e. The SMILES string of the molecule is C.COc1c(C)c(SOOO)cc2ccc(N=NC3C(=O)N(c4ccc(S(=O)(=O)O)cc4)N=C3C(=O)O)cc12. The van der Waals surface area contributed by atoms with E-state index in [1.165, 1.54) is 19.2 Å². The topological polar surface area (TPSA) is 197 Å². The minimum atomic E-state index is -4.46. The molecule has 0 bridgehead atoms. The summed E-state index contributed by atoms with van der Waals surface area (Å²) in [6, 6.07) is 9.56. The first kappa shape index (κ1) is 29.6. The number of carboxylic acids is 1. The molecule has 1 heterocycles. The molecule has 0 radical (unpaired) electrons. The number of methoxy groups -OCH3 is 1. The van der Waals surface area contributed by atoms with Gasteiger partial charge < -0.3 is 9.84 Å². The summed E-state index contributed by atoms with van der Waals surface area (Å²) in [6.07, 6.45) is 0. The molecule has 1 atom stereocenters. The van der Waals surface area contributed by atoms with E-state index in [1.54, 1.807) is 31.2 Å². The second kappa shape index (κ2) is 11.9. The van der Waals surface area contributed by atoms with Crippen molar-refractivity contribution in [2.75, 3.05) is 12.1 Å². The van der Waals surface area contributed by atoms with Gasteiger partial charge in [0.15, 0.2) is 5.71 Å². The normalized spacial score (nSPS) is 15.5. The predicted octanol–water partition coefficient (Wildman–Crippen LogP) is 4.41. The Morgan fingerprint density at radius 1 is 1.15 bits per heavy atom. The van der Waals surface area contributed by atoms with Crippen molar-refractivity contribution >= 4 is 61.9 Å². The van der Waals surface area contributed by atoms with E-state index in [0.29, 0.717) is 27.3 Å². The number of ether oxygens (including phenoxy) is 1. The molecule has 0 aromatic heterocycles. The third-order valence-corrected chi connectivity index (χ3v) is 7.03. The molecule has 206 valence electrons. The van der Waals surface area contributed by atoms with Gasteiger partial charge in [-0.1, -0.05) is 18.5 Å². The quantitative estimate of drug-likeness (QED) is 0.107. The molecule has 0 spiro atoms. The molecule has 39 heavy (non-hydrogen) atoms. The number of aliphatic carboxylic acids is 1. The smallest absolute Gasteiger partial charge is 0.355 e. The average molecular weight is 579 g/mol. The van der Waals surface area contributed by atoms with Gasteiger partial charge in [-0.25, -0.2) is 10.1 Å². The number of benzene rings is 3. The fourth-order valence-corrected chi connectivity index (χ4v) is 4.65. The Morgan fingerprint density at radius 2 is 1.85 bits per heavy atom. The molecule has 1 aliphatic heterocycles. The van der Waals surface area contributed by atoms with Gasteiger partial charge in [0.25, 0.3) is 16.0 Å². The lowest BCUT2D eigenvalue weighted by atomic mass is 10.1. The molecule has 1 unspecified atom stereocenters. The summed E-state index contributed by atoms with van der Waals surface area (Å²) in [5, 5.41) is 35.6. The van der Waals surface area contributed by atoms with Crippen LogP contribution in [-0.4, -0.2) is 54.1 Å². The van der Waals surface area contributed by atoms with Gasteiger partial charge in [0.05, 0.1) is 35.4 Å². The number of carbonyl (C=O) groups is 2. The monoisotopic (exact) mass is 578 g/mol. The summed E-state index contributed by atoms with van der Waals surface area (Å²) in [5.41, 5.74) is 0.450. The molecule has 1 amide bonds. The van der Waals surface area contributed by atoms with Crippen LogP contribution in [-0.2, 0) is 29.1 Å². The second-order valence-electron chi connectivity index (χ2n) is 7.69. The number of rotatable bonds is 9. The van der Waals surface area contributed by atoms with Crippen molar-refractivity contribution in [2.45, 2.75) is 30.2 Å². The van der Waals surface area contributed by atoms with E-state index < -0.39 is 38.6 Å². The third-order valence-electron chi connectivity index (χ3n) is 5.43. The van der Waals surface area contributed by atoms with E-state index in [2.05, 4.69) is 24.7 Å². The highest BCUT2D eigenvalue weighted by Gasteiger charge is 2.41. The van der Waals surface area contributed by atoms with Gasteiger partial charge in [0, 0.05) is 15.8 Å². The molecular formula is C23H22N4O10S2. The van der Waals surface area contributed by atoms with Crippen molar-refractivity contribution in [3.05, 3.63) is 54.1 Å². The highest BCUT2D eigenvalue weighted by Crippen LogP contribution is 2.39. The molecule has 0 fully saturated rings. The van der Waals surface area contributed by atoms with Gasteiger partial charge >= 0.3 is 5.97 Å². The van der Waals surface area contributed by atoms with Crippen LogP contribution >= 0.6 is 12.0 Å². The molecule has 0 saturated carbocycles. The molecule has 4 rings (SSSR count). The lowest BCUT2D eigenvalue weighted by Gasteiger charge is -2.13. The summed E-state index contributed by atoms with van der Waals surface area (Å²) in [7, 11) is -2.99. The van der Waals surface area contributed by atoms with Gasteiger partial charge in [0.2, 0.25) is 6.04 Å². The molecule has 3 aromatic rings. The Hall–Kier alpha value is -3.93. The maximum absolute atomic E-state index is 13.0. The standard InChI is InChI=1S/C22H18N4O10S2.CH4/c1-11-17(37-36-35-30)9-12-3-4-13(10-16(12)20(11)34-2)23-24-18-19(22(28)29)25-26(21(18)27)14-5-7-15(8-6-14)38(31,32)33;/h3-10,18,30H,1-2H3,(H,28,29)(H,31,32,33);1H4. The summed E-state index contributed by atoms with van der Waals surface area (Å²) >= 11 is 0.779. The maximum atomic E-state index is 13.0. The fraction of sp³-hybridized carbons (Fsp3) is 0.174. The molecule has 1 aliphatic rings. The lowest BCUT2D eigenvalue weighted by Crippen LogP contribution is -2.33. The van der Waals surface area contributed by atoms with Crippen molar-refractivity contribution in [2.24, 2.45) is 15.3 Å². The number of carbonyl (C=O) groups excluding carboxylic acids is 1. The zero-order valence-corrected chi connectivity index (χ0v) is 21.1. The number of hydrogen-bond acceptors (Lipinski definition) is 12. The molecular weight excluding hydrogens is 556 g/mol. The molecule has 14 nitrogen and oxygen atoms in total. The Labute approximate surface area is 226 Å². The van der Waals surface area contributed by atoms with Crippen molar-refractivity contribution in [1.29, 1.82) is 0 Å². The number of azo groups is 1. The Kier molecular flexibility index (Phi) is 9.00. The number of fused-ring (bicyclic) bond motifs is 1. The first-order valence-corrected chi connectivity index (χ1v) is 12.6. The zero-order chi connectivity index (χ0) is 27.6. The highest BCUT2D eigenvalue weighted by molar-refractivity contribution is 7.94. The van der Waals surface area contributed by atoms with Crippen LogP contribution in [0.25, 0.3) is 10.8 Å². The number of amides is 1. The van der Waals surface area contributed by atoms with Gasteiger partial charge in [-0.05, 0) is 54.8 Å². The van der Waals surface area contributed by atoms with E-state index in [9.17, 15) is 23.1 Å². The minimum absolute atomic E-state index is 0. The summed E-state index contributed by atoms with van der Waals surface area (Å²) in [6.45, 7) is 1.76. The number of hydrogen-bond donors (Lipinski definition) is 3. The summed E-state index contributed by atoms with van der Waals surface area (Å²) in [5.74, 6) is -1.84. The van der Waals surface area contributed by atoms with Crippen LogP contribution in [0.4, 0.5) is 11.4 Å². The van der Waals surface area contributed by atoms with E-state index in [0.717, 1.165) is 34.6 Å². The molecule has 0 aliphatic carbocycles. The van der Waals surface area contributed by atoms with E-state index in [4.69, 9.17) is 14.5 Å². The molecule has 0 saturated heterocycles. The second-order valence-corrected chi connectivity index (χ2v) is 9.86. The number of anilines is 1. The Morgan fingerprint density at radius 3 is 2.44 bits per heavy atom. The number of hydrazone groups is 1. The van der Waals surface area contributed by atoms with E-state index >= 15 is 0 Å². The van der Waals surface area contributed by atoms with Crippen LogP contribution in [0, 0.1) is 6.92 Å². The van der Waals surface area contributed by atoms with Crippen LogP contribution in [0.5, 0.6) is 5.75 Å². The van der Waals surface area contributed by atoms with Crippen molar-refractivity contribution < 1.29 is 47.0 Å². The number of carboxylic acid groups (broad SMARTS) is 1. The summed E-state index contributed by atoms with van der Waals surface area (Å²) < 4.78 is 41.7. The molecule has 16 heteroatoms. The van der Waals surface area contributed by atoms with Gasteiger partial charge in [-0.3, -0.25) is 9.35 Å². The van der Waals surface area contributed by atoms with Crippen molar-refractivity contribution in [3.63, 3.8) is 0 Å². The molecule has 3 N–H and O–H groups in total. The van der Waals surface area contributed by atoms with Crippen LogP contribution in [0.15, 0.2) is 73.7 Å². The van der Waals surface area contributed by atoms with Crippen LogP contribution in [0.2, 0.25) is 0 Å². The first-order chi connectivity index (χ1) is 18.0.